The number of nitrogens with one attached hydrogen (secondary N) is 1. The van der Waals surface area contributed by atoms with Crippen LogP contribution in [0.5, 0.6) is 0 Å². The van der Waals surface area contributed by atoms with Crippen molar-refractivity contribution in [2.75, 3.05) is 5.32 Å². The number of amides is 1. The smallest absolute Gasteiger partial charge is 0.412 e. The lowest BCUT2D eigenvalue weighted by molar-refractivity contribution is 0.0636. The van der Waals surface area contributed by atoms with Crippen LogP contribution in [0.3, 0.4) is 0 Å². The number of fused-ring (bicyclic) bond motifs is 4. The standard InChI is InChI=1S/C26H31N3O4/c1-7-15-17-13-29-20(12-16(21(30)8-2)14(3)24(29)31)23(17)27-18-10-9-11-19(22(15)18)28-25(32)33-26(4,5)6/h9-12,21,30H,7-8,13H2,1-6H3,(H,28,32). The Bertz CT molecular complexity index is 1320. The van der Waals surface area contributed by atoms with E-state index in [1.807, 2.05) is 52.0 Å². The van der Waals surface area contributed by atoms with Gasteiger partial charge < -0.3 is 14.4 Å². The van der Waals surface area contributed by atoms with Gasteiger partial charge in [-0.2, -0.15) is 0 Å². The summed E-state index contributed by atoms with van der Waals surface area (Å²) >= 11 is 0. The highest BCUT2D eigenvalue weighted by Gasteiger charge is 2.29. The molecule has 0 saturated carbocycles. The van der Waals surface area contributed by atoms with Gasteiger partial charge in [-0.1, -0.05) is 19.9 Å². The molecule has 7 nitrogen and oxygen atoms in total. The number of aromatic nitrogens is 2. The number of aliphatic hydroxyl groups excluding tert-OH is 1. The SMILES string of the molecule is CCc1c2c(nc3cccc(NC(=O)OC(C)(C)C)c13)-c1cc(C(O)CC)c(C)c(=O)n1C2. The summed E-state index contributed by atoms with van der Waals surface area (Å²) in [6.45, 7) is 11.6. The van der Waals surface area contributed by atoms with Crippen molar-refractivity contribution in [1.82, 2.24) is 9.55 Å². The summed E-state index contributed by atoms with van der Waals surface area (Å²) in [4.78, 5) is 30.5. The van der Waals surface area contributed by atoms with Crippen LogP contribution in [0.2, 0.25) is 0 Å². The zero-order valence-electron chi connectivity index (χ0n) is 20.1. The van der Waals surface area contributed by atoms with Gasteiger partial charge in [0.2, 0.25) is 0 Å². The molecule has 0 bridgehead atoms. The molecule has 0 radical (unpaired) electrons. The summed E-state index contributed by atoms with van der Waals surface area (Å²) in [7, 11) is 0. The van der Waals surface area contributed by atoms with Crippen LogP contribution < -0.4 is 10.9 Å². The van der Waals surface area contributed by atoms with Crippen LogP contribution in [0.15, 0.2) is 29.1 Å². The van der Waals surface area contributed by atoms with Gasteiger partial charge in [0.15, 0.2) is 0 Å². The van der Waals surface area contributed by atoms with Gasteiger partial charge in [-0.25, -0.2) is 9.78 Å². The van der Waals surface area contributed by atoms with Gasteiger partial charge in [-0.3, -0.25) is 10.1 Å². The maximum Gasteiger partial charge on any atom is 0.412 e. The maximum absolute atomic E-state index is 13.2. The molecule has 1 atom stereocenters. The average Bonchev–Trinajstić information content (AvgIpc) is 3.11. The highest BCUT2D eigenvalue weighted by Crippen LogP contribution is 2.39. The Morgan fingerprint density at radius 3 is 2.67 bits per heavy atom. The van der Waals surface area contributed by atoms with E-state index < -0.39 is 17.8 Å². The molecule has 2 aromatic heterocycles. The summed E-state index contributed by atoms with van der Waals surface area (Å²) < 4.78 is 7.18. The number of benzene rings is 1. The summed E-state index contributed by atoms with van der Waals surface area (Å²) in [6, 6.07) is 7.49. The summed E-state index contributed by atoms with van der Waals surface area (Å²) in [6.07, 6.45) is 0.0246. The van der Waals surface area contributed by atoms with E-state index in [2.05, 4.69) is 12.2 Å². The first-order valence-electron chi connectivity index (χ1n) is 11.4. The fourth-order valence-electron chi connectivity index (χ4n) is 4.57. The van der Waals surface area contributed by atoms with Crippen molar-refractivity contribution in [1.29, 1.82) is 0 Å². The lowest BCUT2D eigenvalue weighted by atomic mass is 9.96. The molecule has 1 aliphatic rings. The minimum Gasteiger partial charge on any atom is -0.444 e. The molecule has 1 aliphatic heterocycles. The number of aryl methyl sites for hydroxylation is 1. The second-order valence-corrected chi connectivity index (χ2v) is 9.52. The van der Waals surface area contributed by atoms with Crippen LogP contribution in [0.4, 0.5) is 10.5 Å². The molecule has 3 heterocycles. The van der Waals surface area contributed by atoms with Crippen LogP contribution >= 0.6 is 0 Å². The van der Waals surface area contributed by atoms with Crippen LogP contribution in [-0.2, 0) is 17.7 Å². The predicted octanol–water partition coefficient (Wildman–Crippen LogP) is 5.09. The molecule has 2 N–H and O–H groups in total. The molecule has 4 rings (SSSR count). The number of carbonyl (C=O) groups excluding carboxylic acids is 1. The van der Waals surface area contributed by atoms with E-state index in [-0.39, 0.29) is 5.56 Å². The van der Waals surface area contributed by atoms with Crippen molar-refractivity contribution in [2.24, 2.45) is 0 Å². The Hall–Kier alpha value is -3.19. The maximum atomic E-state index is 13.2. The van der Waals surface area contributed by atoms with Gasteiger partial charge in [0.25, 0.3) is 5.56 Å². The highest BCUT2D eigenvalue weighted by atomic mass is 16.6. The van der Waals surface area contributed by atoms with E-state index in [9.17, 15) is 14.7 Å². The van der Waals surface area contributed by atoms with E-state index in [0.717, 1.165) is 33.4 Å². The van der Waals surface area contributed by atoms with Gasteiger partial charge in [-0.15, -0.1) is 0 Å². The van der Waals surface area contributed by atoms with Gasteiger partial charge in [-0.05, 0) is 69.9 Å². The Balaban J connectivity index is 1.90. The third kappa shape index (κ3) is 4.02. The fourth-order valence-corrected chi connectivity index (χ4v) is 4.57. The van der Waals surface area contributed by atoms with E-state index >= 15 is 0 Å². The van der Waals surface area contributed by atoms with Gasteiger partial charge in [0, 0.05) is 16.5 Å². The quantitative estimate of drug-likeness (QED) is 0.453. The largest absolute Gasteiger partial charge is 0.444 e. The van der Waals surface area contributed by atoms with E-state index in [0.29, 0.717) is 36.2 Å². The number of nitrogens with zero attached hydrogens (tertiary/aromatic N) is 2. The minimum atomic E-state index is -0.691. The molecule has 174 valence electrons. The molecular weight excluding hydrogens is 418 g/mol. The lowest BCUT2D eigenvalue weighted by Gasteiger charge is -2.21. The molecule has 0 saturated heterocycles. The number of anilines is 1. The first-order chi connectivity index (χ1) is 15.6. The number of pyridine rings is 2. The molecule has 1 amide bonds. The molecule has 1 unspecified atom stereocenters. The Morgan fingerprint density at radius 2 is 2.03 bits per heavy atom. The van der Waals surface area contributed by atoms with Crippen molar-refractivity contribution in [2.45, 2.75) is 72.6 Å². The van der Waals surface area contributed by atoms with Crippen LogP contribution in [-0.4, -0.2) is 26.4 Å². The Kier molecular flexibility index (Phi) is 5.78. The number of hydrogen-bond acceptors (Lipinski definition) is 5. The van der Waals surface area contributed by atoms with Gasteiger partial charge in [0.05, 0.1) is 35.2 Å². The van der Waals surface area contributed by atoms with E-state index in [1.165, 1.54) is 0 Å². The van der Waals surface area contributed by atoms with Crippen molar-refractivity contribution in [3.05, 3.63) is 56.9 Å². The number of hydrogen-bond donors (Lipinski definition) is 2. The van der Waals surface area contributed by atoms with Crippen molar-refractivity contribution < 1.29 is 14.6 Å². The number of carbonyl (C=O) groups is 1. The fraction of sp³-hybridized carbons (Fsp3) is 0.423. The van der Waals surface area contributed by atoms with Crippen molar-refractivity contribution in [3.63, 3.8) is 0 Å². The normalized spacial score (nSPS) is 13.5. The Morgan fingerprint density at radius 1 is 1.30 bits per heavy atom. The molecule has 33 heavy (non-hydrogen) atoms. The summed E-state index contributed by atoms with van der Waals surface area (Å²) in [5, 5.41) is 14.2. The first kappa shape index (κ1) is 23.0. The van der Waals surface area contributed by atoms with Gasteiger partial charge >= 0.3 is 6.09 Å². The Labute approximate surface area is 193 Å². The van der Waals surface area contributed by atoms with E-state index in [1.54, 1.807) is 11.5 Å². The third-order valence-electron chi connectivity index (χ3n) is 6.10. The highest BCUT2D eigenvalue weighted by molar-refractivity contribution is 6.02. The van der Waals surface area contributed by atoms with Crippen molar-refractivity contribution >= 4 is 22.7 Å². The second kappa shape index (κ2) is 8.30. The van der Waals surface area contributed by atoms with Crippen LogP contribution in [0.25, 0.3) is 22.3 Å². The third-order valence-corrected chi connectivity index (χ3v) is 6.10. The lowest BCUT2D eigenvalue weighted by Crippen LogP contribution is -2.27. The topological polar surface area (TPSA) is 93.5 Å². The number of rotatable bonds is 4. The summed E-state index contributed by atoms with van der Waals surface area (Å²) in [5.74, 6) is 0. The van der Waals surface area contributed by atoms with E-state index in [4.69, 9.17) is 9.72 Å². The molecule has 0 fully saturated rings. The van der Waals surface area contributed by atoms with Crippen LogP contribution in [0.1, 0.15) is 69.4 Å². The average molecular weight is 450 g/mol. The zero-order valence-corrected chi connectivity index (χ0v) is 20.1. The summed E-state index contributed by atoms with van der Waals surface area (Å²) in [5.41, 5.74) is 5.38. The van der Waals surface area contributed by atoms with Gasteiger partial charge in [0.1, 0.15) is 5.60 Å². The molecule has 0 spiro atoms. The monoisotopic (exact) mass is 449 g/mol. The number of ether oxygens (including phenoxy) is 1. The second-order valence-electron chi connectivity index (χ2n) is 9.52. The number of aliphatic hydroxyl groups is 1. The first-order valence-corrected chi connectivity index (χ1v) is 11.4. The van der Waals surface area contributed by atoms with Crippen LogP contribution in [0, 0.1) is 6.92 Å². The molecule has 0 aliphatic carbocycles. The zero-order chi connectivity index (χ0) is 24.1. The molecule has 1 aromatic carbocycles. The predicted molar refractivity (Wildman–Crippen MR) is 130 cm³/mol. The minimum absolute atomic E-state index is 0.105. The molecule has 7 heteroatoms. The molecular formula is C26H31N3O4. The molecule has 3 aromatic rings. The van der Waals surface area contributed by atoms with Crippen molar-refractivity contribution in [3.8, 4) is 11.4 Å².